The Bertz CT molecular complexity index is 2040. The topological polar surface area (TPSA) is 161 Å². The van der Waals surface area contributed by atoms with Crippen molar-refractivity contribution >= 4 is 6.29 Å². The van der Waals surface area contributed by atoms with E-state index in [1.807, 2.05) is 27.2 Å². The number of nitrogens with one attached hydrogen (secondary N) is 2. The molecule has 0 saturated heterocycles. The van der Waals surface area contributed by atoms with E-state index in [0.29, 0.717) is 63.0 Å². The van der Waals surface area contributed by atoms with Gasteiger partial charge < -0.3 is 45.6 Å². The Morgan fingerprint density at radius 1 is 1.07 bits per heavy atom. The van der Waals surface area contributed by atoms with Crippen molar-refractivity contribution in [2.75, 3.05) is 60.3 Å². The smallest absolute Gasteiger partial charge is 0.145 e. The number of carbonyl (C=O) groups excluding carboxylic acids is 1. The van der Waals surface area contributed by atoms with Gasteiger partial charge in [0, 0.05) is 54.6 Å². The van der Waals surface area contributed by atoms with Crippen molar-refractivity contribution in [2.45, 2.75) is 140 Å². The fourth-order valence-electron chi connectivity index (χ4n) is 14.9. The Labute approximate surface area is 401 Å². The number of hydrogen-bond donors (Lipinski definition) is 7. The van der Waals surface area contributed by atoms with Gasteiger partial charge in [0.2, 0.25) is 0 Å². The number of fused-ring (bicyclic) bond motifs is 4. The first-order chi connectivity index (χ1) is 32.3. The zero-order chi connectivity index (χ0) is 47.9. The molecule has 0 amide bonds. The van der Waals surface area contributed by atoms with Crippen molar-refractivity contribution in [3.05, 3.63) is 106 Å². The zero-order valence-electron chi connectivity index (χ0n) is 41.2. The number of methoxy groups -OCH3 is 1. The average molecular weight is 925 g/mol. The predicted molar refractivity (Wildman–Crippen MR) is 266 cm³/mol. The highest BCUT2D eigenvalue weighted by Gasteiger charge is 2.79. The normalized spacial score (nSPS) is 35.9. The third kappa shape index (κ3) is 9.87. The summed E-state index contributed by atoms with van der Waals surface area (Å²) >= 11 is 0. The molecule has 10 heteroatoms. The Morgan fingerprint density at radius 2 is 1.85 bits per heavy atom. The van der Waals surface area contributed by atoms with Gasteiger partial charge in [0.1, 0.15) is 12.4 Å². The molecule has 7 N–H and O–H groups in total. The van der Waals surface area contributed by atoms with Crippen LogP contribution in [0, 0.1) is 39.9 Å². The lowest BCUT2D eigenvalue weighted by molar-refractivity contribution is -0.256. The second kappa shape index (κ2) is 22.4. The molecule has 1 aromatic rings. The number of aliphatic hydroxyl groups excluding tert-OH is 4. The van der Waals surface area contributed by atoms with Crippen LogP contribution in [0.4, 0.5) is 0 Å². The van der Waals surface area contributed by atoms with E-state index in [9.17, 15) is 30.3 Å². The summed E-state index contributed by atoms with van der Waals surface area (Å²) in [6, 6.07) is 9.17. The Morgan fingerprint density at radius 3 is 2.58 bits per heavy atom. The lowest BCUT2D eigenvalue weighted by Crippen LogP contribution is -2.73. The van der Waals surface area contributed by atoms with Crippen LogP contribution in [-0.2, 0) is 27.1 Å². The lowest BCUT2D eigenvalue weighted by atomic mass is 9.34. The Hall–Kier alpha value is -3.03. The molecule has 4 fully saturated rings. The van der Waals surface area contributed by atoms with Crippen LogP contribution < -0.4 is 10.6 Å². The number of rotatable bonds is 19. The summed E-state index contributed by atoms with van der Waals surface area (Å²) in [7, 11) is 3.70. The third-order valence-electron chi connectivity index (χ3n) is 18.1. The number of aliphatic hydroxyl groups is 5. The molecule has 7 rings (SSSR count). The van der Waals surface area contributed by atoms with Crippen LogP contribution in [0.2, 0.25) is 0 Å². The van der Waals surface area contributed by atoms with Crippen LogP contribution in [0.1, 0.15) is 115 Å². The highest BCUT2D eigenvalue weighted by atomic mass is 16.5. The molecule has 67 heavy (non-hydrogen) atoms. The number of hydrogen-bond acceptors (Lipinski definition) is 10. The molecule has 370 valence electrons. The minimum atomic E-state index is -1.27. The van der Waals surface area contributed by atoms with Gasteiger partial charge in [-0.15, -0.1) is 0 Å². The first-order valence-corrected chi connectivity index (χ1v) is 25.7. The fourth-order valence-corrected chi connectivity index (χ4v) is 14.9. The zero-order valence-corrected chi connectivity index (χ0v) is 41.2. The molecule has 0 radical (unpaired) electrons. The number of benzene rings is 1. The Kier molecular flexibility index (Phi) is 17.3. The molecule has 6 bridgehead atoms. The Balaban J connectivity index is 1.23. The van der Waals surface area contributed by atoms with Crippen molar-refractivity contribution in [2.24, 2.45) is 39.9 Å². The molecule has 1 aliphatic heterocycles. The van der Waals surface area contributed by atoms with Crippen LogP contribution in [0.5, 0.6) is 0 Å². The largest absolute Gasteiger partial charge is 0.396 e. The molecule has 0 aromatic heterocycles. The monoisotopic (exact) mass is 925 g/mol. The quantitative estimate of drug-likeness (QED) is 0.0322. The second-order valence-corrected chi connectivity index (χ2v) is 21.7. The minimum Gasteiger partial charge on any atom is -0.396 e. The van der Waals surface area contributed by atoms with Crippen molar-refractivity contribution in [3.63, 3.8) is 0 Å². The maximum atomic E-state index is 13.4. The summed E-state index contributed by atoms with van der Waals surface area (Å²) in [5.74, 6) is 0.427. The van der Waals surface area contributed by atoms with Crippen molar-refractivity contribution < 1.29 is 39.8 Å². The molecule has 1 aromatic carbocycles. The van der Waals surface area contributed by atoms with Gasteiger partial charge in [0.05, 0.1) is 31.5 Å². The van der Waals surface area contributed by atoms with Crippen molar-refractivity contribution in [1.82, 2.24) is 10.6 Å². The van der Waals surface area contributed by atoms with Gasteiger partial charge in [-0.3, -0.25) is 4.79 Å². The lowest BCUT2D eigenvalue weighted by Gasteiger charge is -2.71. The maximum Gasteiger partial charge on any atom is 0.145 e. The number of ether oxygens (including phenoxy) is 2. The van der Waals surface area contributed by atoms with Gasteiger partial charge in [-0.2, -0.15) is 0 Å². The van der Waals surface area contributed by atoms with Gasteiger partial charge >= 0.3 is 0 Å². The molecule has 10 atom stereocenters. The molecule has 1 heterocycles. The first kappa shape index (κ1) is 51.8. The van der Waals surface area contributed by atoms with Crippen molar-refractivity contribution in [3.8, 4) is 0 Å². The minimum absolute atomic E-state index is 0.0309. The van der Waals surface area contributed by atoms with E-state index in [-0.39, 0.29) is 43.1 Å². The summed E-state index contributed by atoms with van der Waals surface area (Å²) in [4.78, 5) is 12.8. The molecule has 10 unspecified atom stereocenters. The highest BCUT2D eigenvalue weighted by Crippen LogP contribution is 2.80. The predicted octanol–water partition coefficient (Wildman–Crippen LogP) is 7.44. The van der Waals surface area contributed by atoms with Gasteiger partial charge in [-0.1, -0.05) is 97.7 Å². The molecule has 4 saturated carbocycles. The number of allylic oxidation sites excluding steroid dienone is 9. The molecule has 5 aliphatic carbocycles. The molecular weight excluding hydrogens is 841 g/mol. The van der Waals surface area contributed by atoms with E-state index in [2.05, 4.69) is 78.8 Å². The summed E-state index contributed by atoms with van der Waals surface area (Å²) in [6.45, 7) is 10.5. The maximum absolute atomic E-state index is 13.4. The van der Waals surface area contributed by atoms with Crippen LogP contribution in [0.3, 0.4) is 0 Å². The summed E-state index contributed by atoms with van der Waals surface area (Å²) in [5, 5.41) is 64.7. The summed E-state index contributed by atoms with van der Waals surface area (Å²) in [6.07, 6.45) is 25.5. The van der Waals surface area contributed by atoms with Crippen LogP contribution in [0.15, 0.2) is 95.2 Å². The van der Waals surface area contributed by atoms with E-state index in [4.69, 9.17) is 9.47 Å². The van der Waals surface area contributed by atoms with Gasteiger partial charge in [0.15, 0.2) is 0 Å². The van der Waals surface area contributed by atoms with Gasteiger partial charge in [0.25, 0.3) is 0 Å². The molecule has 6 aliphatic rings. The molecule has 10 nitrogen and oxygen atoms in total. The van der Waals surface area contributed by atoms with Crippen LogP contribution >= 0.6 is 0 Å². The van der Waals surface area contributed by atoms with E-state index < -0.39 is 40.7 Å². The summed E-state index contributed by atoms with van der Waals surface area (Å²) in [5.41, 5.74) is 3.71. The van der Waals surface area contributed by atoms with Gasteiger partial charge in [-0.25, -0.2) is 0 Å². The number of carbonyl (C=O) groups is 1. The third-order valence-corrected chi connectivity index (χ3v) is 18.1. The van der Waals surface area contributed by atoms with Crippen LogP contribution in [0.25, 0.3) is 0 Å². The van der Waals surface area contributed by atoms with Crippen LogP contribution in [-0.4, -0.2) is 115 Å². The van der Waals surface area contributed by atoms with Gasteiger partial charge in [-0.05, 0) is 157 Å². The van der Waals surface area contributed by atoms with E-state index in [1.165, 1.54) is 48.8 Å². The fraction of sp³-hybridized carbons (Fsp3) is 0.667. The van der Waals surface area contributed by atoms with E-state index in [1.54, 1.807) is 0 Å². The summed E-state index contributed by atoms with van der Waals surface area (Å²) < 4.78 is 11.9. The van der Waals surface area contributed by atoms with E-state index in [0.717, 1.165) is 61.8 Å². The standard InChI is InChI=1S/C57H84N2O8/c1-40-17-18-45(32-43-12-10-13-44(31-43)33-54(59-35-40,27-30-66-5)47-14-7-6-8-15-47)41(2)11-9-16-49(38-67-39-50(63)37-62)53-22-24-56-48(21-29-60)20-19-46(51(56)42(3)36-61)34-55(65,26-28-58-4)57(56,25-23-53)52(53)64/h9-13,16-17,19-20,31,36,45-48,50,52,58-60,62-65H,2,6-8,14-15,18,21-30,32-35,37-39H2,1,3-5H3. The van der Waals surface area contributed by atoms with E-state index >= 15 is 0 Å². The first-order valence-electron chi connectivity index (χ1n) is 25.7. The SMILES string of the molecule is C=C(C=CC=C(COCC(O)CO)C12CCC34C(=C(C)C=O)C(C=CC3CCO)CC(O)(CCNC)C4(CC1)C2O)C1CC=C(C)CNC(CCOC)(C2CCCCC2)Cc2cccc(c2)C1. The second-order valence-electron chi connectivity index (χ2n) is 21.7. The van der Waals surface area contributed by atoms with Crippen molar-refractivity contribution in [1.29, 1.82) is 0 Å². The highest BCUT2D eigenvalue weighted by molar-refractivity contribution is 5.75. The molecule has 2 spiro atoms. The average Bonchev–Trinajstić information content (AvgIpc) is 3.54. The number of aldehydes is 1. The molecular formula is C57H84N2O8.